The van der Waals surface area contributed by atoms with Crippen molar-refractivity contribution in [3.63, 3.8) is 0 Å². The van der Waals surface area contributed by atoms with Crippen LogP contribution >= 0.6 is 0 Å². The molecule has 0 radical (unpaired) electrons. The second-order valence-electron chi connectivity index (χ2n) is 8.32. The van der Waals surface area contributed by atoms with Crippen molar-refractivity contribution in [3.05, 3.63) is 89.8 Å². The second-order valence-corrected chi connectivity index (χ2v) is 10.2. The SMILES string of the molecule is O=S(=O)(Cc1ccccc1)N1CCCC1c1nc2cc(-c3cccc(C(F)(F)F)c3)ccc2o1. The molecule has 176 valence electrons. The Hall–Kier alpha value is -3.17. The van der Waals surface area contributed by atoms with Crippen molar-refractivity contribution in [1.29, 1.82) is 0 Å². The molecule has 9 heteroatoms. The highest BCUT2D eigenvalue weighted by atomic mass is 32.2. The van der Waals surface area contributed by atoms with Crippen LogP contribution in [0.5, 0.6) is 0 Å². The second kappa shape index (κ2) is 8.56. The first-order chi connectivity index (χ1) is 16.2. The van der Waals surface area contributed by atoms with E-state index in [2.05, 4.69) is 4.98 Å². The normalized spacial score (nSPS) is 17.4. The molecule has 5 nitrogen and oxygen atoms in total. The van der Waals surface area contributed by atoms with Gasteiger partial charge in [-0.25, -0.2) is 13.4 Å². The van der Waals surface area contributed by atoms with Crippen LogP contribution in [0.25, 0.3) is 22.2 Å². The maximum Gasteiger partial charge on any atom is 0.416 e. The molecule has 4 aromatic rings. The lowest BCUT2D eigenvalue weighted by atomic mass is 10.0. The summed E-state index contributed by atoms with van der Waals surface area (Å²) < 4.78 is 72.9. The number of hydrogen-bond donors (Lipinski definition) is 0. The van der Waals surface area contributed by atoms with Crippen LogP contribution in [-0.4, -0.2) is 24.3 Å². The van der Waals surface area contributed by atoms with E-state index in [1.54, 1.807) is 48.5 Å². The number of aromatic nitrogens is 1. The average molecular weight is 487 g/mol. The van der Waals surface area contributed by atoms with Gasteiger partial charge in [0.1, 0.15) is 11.6 Å². The highest BCUT2D eigenvalue weighted by Gasteiger charge is 2.38. The van der Waals surface area contributed by atoms with Crippen molar-refractivity contribution < 1.29 is 26.0 Å². The van der Waals surface area contributed by atoms with Crippen LogP contribution in [0.3, 0.4) is 0 Å². The predicted octanol–water partition coefficient (Wildman–Crippen LogP) is 6.18. The summed E-state index contributed by atoms with van der Waals surface area (Å²) in [6.07, 6.45) is -3.16. The van der Waals surface area contributed by atoms with Crippen molar-refractivity contribution in [2.45, 2.75) is 30.8 Å². The van der Waals surface area contributed by atoms with Crippen LogP contribution in [0, 0.1) is 0 Å². The van der Waals surface area contributed by atoms with Gasteiger partial charge in [0.25, 0.3) is 0 Å². The molecule has 0 saturated carbocycles. The predicted molar refractivity (Wildman–Crippen MR) is 122 cm³/mol. The third-order valence-electron chi connectivity index (χ3n) is 5.97. The molecular weight excluding hydrogens is 465 g/mol. The summed E-state index contributed by atoms with van der Waals surface area (Å²) in [6.45, 7) is 0.383. The Morgan fingerprint density at radius 1 is 0.971 bits per heavy atom. The maximum absolute atomic E-state index is 13.1. The standard InChI is InChI=1S/C25H21F3N2O3S/c26-25(27,28)20-9-4-8-18(14-20)19-11-12-23-21(15-19)29-24(33-23)22-10-5-13-30(22)34(31,32)16-17-6-2-1-3-7-17/h1-4,6-9,11-12,14-15,22H,5,10,13,16H2. The zero-order chi connectivity index (χ0) is 23.9. The Bertz CT molecular complexity index is 1430. The molecular formula is C25H21F3N2O3S. The van der Waals surface area contributed by atoms with E-state index in [4.69, 9.17) is 4.42 Å². The number of nitrogens with zero attached hydrogens (tertiary/aromatic N) is 2. The number of benzene rings is 3. The summed E-state index contributed by atoms with van der Waals surface area (Å²) in [5.74, 6) is 0.190. The molecule has 1 aliphatic heterocycles. The topological polar surface area (TPSA) is 63.4 Å². The molecule has 0 amide bonds. The Morgan fingerprint density at radius 2 is 1.74 bits per heavy atom. The minimum absolute atomic E-state index is 0.107. The van der Waals surface area contributed by atoms with Gasteiger partial charge in [0.05, 0.1) is 11.3 Å². The van der Waals surface area contributed by atoms with Gasteiger partial charge < -0.3 is 4.42 Å². The van der Waals surface area contributed by atoms with Gasteiger partial charge in [0.2, 0.25) is 15.9 Å². The lowest BCUT2D eigenvalue weighted by Gasteiger charge is -2.21. The largest absolute Gasteiger partial charge is 0.439 e. The molecule has 1 aromatic heterocycles. The molecule has 0 aliphatic carbocycles. The highest BCUT2D eigenvalue weighted by molar-refractivity contribution is 7.88. The van der Waals surface area contributed by atoms with E-state index in [-0.39, 0.29) is 5.75 Å². The van der Waals surface area contributed by atoms with Crippen molar-refractivity contribution in [3.8, 4) is 11.1 Å². The Morgan fingerprint density at radius 3 is 2.50 bits per heavy atom. The summed E-state index contributed by atoms with van der Waals surface area (Å²) in [5.41, 5.74) is 1.88. The van der Waals surface area contributed by atoms with Crippen LogP contribution < -0.4 is 0 Å². The number of sulfonamides is 1. The molecule has 0 N–H and O–H groups in total. The Kier molecular flexibility index (Phi) is 5.69. The first-order valence-electron chi connectivity index (χ1n) is 10.8. The van der Waals surface area contributed by atoms with Crippen LogP contribution in [0.4, 0.5) is 13.2 Å². The zero-order valence-electron chi connectivity index (χ0n) is 18.0. The third kappa shape index (κ3) is 4.45. The molecule has 1 fully saturated rings. The molecule has 1 aliphatic rings. The van der Waals surface area contributed by atoms with E-state index in [1.165, 1.54) is 10.4 Å². The third-order valence-corrected chi connectivity index (χ3v) is 7.82. The van der Waals surface area contributed by atoms with Gasteiger partial charge >= 0.3 is 6.18 Å². The first kappa shape index (κ1) is 22.6. The number of oxazole rings is 1. The van der Waals surface area contributed by atoms with E-state index in [0.717, 1.165) is 12.1 Å². The fourth-order valence-electron chi connectivity index (χ4n) is 4.33. The van der Waals surface area contributed by atoms with E-state index in [0.29, 0.717) is 53.1 Å². The molecule has 2 heterocycles. The van der Waals surface area contributed by atoms with Crippen molar-refractivity contribution in [2.24, 2.45) is 0 Å². The number of alkyl halides is 3. The molecule has 5 rings (SSSR count). The molecule has 1 atom stereocenters. The van der Waals surface area contributed by atoms with Gasteiger partial charge in [0.15, 0.2) is 5.58 Å². The Labute approximate surface area is 194 Å². The van der Waals surface area contributed by atoms with Gasteiger partial charge in [-0.05, 0) is 53.8 Å². The fraction of sp³-hybridized carbons (Fsp3) is 0.240. The summed E-state index contributed by atoms with van der Waals surface area (Å²) in [7, 11) is -3.59. The fourth-order valence-corrected chi connectivity index (χ4v) is 6.10. The summed E-state index contributed by atoms with van der Waals surface area (Å²) >= 11 is 0. The summed E-state index contributed by atoms with van der Waals surface area (Å²) in [6, 6.07) is 18.5. The van der Waals surface area contributed by atoms with Gasteiger partial charge in [-0.15, -0.1) is 0 Å². The molecule has 0 bridgehead atoms. The monoisotopic (exact) mass is 486 g/mol. The van der Waals surface area contributed by atoms with E-state index in [9.17, 15) is 21.6 Å². The van der Waals surface area contributed by atoms with Gasteiger partial charge in [-0.3, -0.25) is 0 Å². The summed E-state index contributed by atoms with van der Waals surface area (Å²) in [4.78, 5) is 4.53. The molecule has 1 saturated heterocycles. The van der Waals surface area contributed by atoms with E-state index in [1.807, 2.05) is 6.07 Å². The lowest BCUT2D eigenvalue weighted by Crippen LogP contribution is -2.31. The van der Waals surface area contributed by atoms with Crippen molar-refractivity contribution in [2.75, 3.05) is 6.54 Å². The van der Waals surface area contributed by atoms with Crippen LogP contribution in [0.15, 0.2) is 77.2 Å². The van der Waals surface area contributed by atoms with Crippen LogP contribution in [-0.2, 0) is 22.0 Å². The number of halogens is 3. The smallest absolute Gasteiger partial charge is 0.416 e. The van der Waals surface area contributed by atoms with Crippen LogP contribution in [0.1, 0.15) is 35.9 Å². The van der Waals surface area contributed by atoms with Gasteiger partial charge in [-0.2, -0.15) is 17.5 Å². The molecule has 1 unspecified atom stereocenters. The molecule has 0 spiro atoms. The van der Waals surface area contributed by atoms with Gasteiger partial charge in [-0.1, -0.05) is 48.5 Å². The van der Waals surface area contributed by atoms with E-state index < -0.39 is 27.8 Å². The quantitative estimate of drug-likeness (QED) is 0.338. The van der Waals surface area contributed by atoms with Crippen molar-refractivity contribution in [1.82, 2.24) is 9.29 Å². The molecule has 3 aromatic carbocycles. The highest BCUT2D eigenvalue weighted by Crippen LogP contribution is 2.37. The average Bonchev–Trinajstić information content (AvgIpc) is 3.46. The summed E-state index contributed by atoms with van der Waals surface area (Å²) in [5, 5.41) is 0. The number of rotatable bonds is 5. The number of fused-ring (bicyclic) bond motifs is 1. The first-order valence-corrected chi connectivity index (χ1v) is 12.4. The van der Waals surface area contributed by atoms with Gasteiger partial charge in [0, 0.05) is 6.54 Å². The lowest BCUT2D eigenvalue weighted by molar-refractivity contribution is -0.137. The maximum atomic E-state index is 13.1. The minimum Gasteiger partial charge on any atom is -0.439 e. The number of hydrogen-bond acceptors (Lipinski definition) is 4. The zero-order valence-corrected chi connectivity index (χ0v) is 18.8. The Balaban J connectivity index is 1.44. The molecule has 34 heavy (non-hydrogen) atoms. The van der Waals surface area contributed by atoms with Crippen LogP contribution in [0.2, 0.25) is 0 Å². The van der Waals surface area contributed by atoms with E-state index >= 15 is 0 Å². The minimum atomic E-state index is -4.43. The van der Waals surface area contributed by atoms with Crippen molar-refractivity contribution >= 4 is 21.1 Å².